The Morgan fingerprint density at radius 3 is 2.30 bits per heavy atom. The van der Waals surface area contributed by atoms with E-state index in [1.165, 1.54) is 0 Å². The summed E-state index contributed by atoms with van der Waals surface area (Å²) in [6, 6.07) is 7.50. The van der Waals surface area contributed by atoms with Gasteiger partial charge in [0, 0.05) is 33.4 Å². The molecule has 1 aromatic rings. The number of hydrogen-bond acceptors (Lipinski definition) is 4. The van der Waals surface area contributed by atoms with Crippen molar-refractivity contribution in [3.8, 4) is 0 Å². The monoisotopic (exact) mass is 372 g/mol. The zero-order valence-electron chi connectivity index (χ0n) is 16.3. The number of nitrogens with zero attached hydrogens (tertiary/aromatic N) is 3. The highest BCUT2D eigenvalue weighted by atomic mass is 16.2. The first-order chi connectivity index (χ1) is 12.8. The van der Waals surface area contributed by atoms with E-state index in [4.69, 9.17) is 0 Å². The van der Waals surface area contributed by atoms with Gasteiger partial charge in [-0.25, -0.2) is 4.79 Å². The lowest BCUT2D eigenvalue weighted by molar-refractivity contribution is -0.139. The molecule has 1 saturated heterocycles. The van der Waals surface area contributed by atoms with Crippen LogP contribution in [-0.2, 0) is 16.1 Å². The van der Waals surface area contributed by atoms with Gasteiger partial charge in [0.15, 0.2) is 0 Å². The van der Waals surface area contributed by atoms with Crippen molar-refractivity contribution in [1.29, 1.82) is 0 Å². The molecule has 1 spiro atoms. The average Bonchev–Trinajstić information content (AvgIpc) is 2.86. The van der Waals surface area contributed by atoms with Gasteiger partial charge in [0.25, 0.3) is 5.91 Å². The lowest BCUT2D eigenvalue weighted by Gasteiger charge is -2.30. The second kappa shape index (κ2) is 7.58. The third-order valence-corrected chi connectivity index (χ3v) is 5.54. The first-order valence-electron chi connectivity index (χ1n) is 9.47. The minimum Gasteiger partial charge on any atom is -0.378 e. The first-order valence-corrected chi connectivity index (χ1v) is 9.47. The summed E-state index contributed by atoms with van der Waals surface area (Å²) in [5, 5.41) is 2.84. The van der Waals surface area contributed by atoms with Gasteiger partial charge in [-0.1, -0.05) is 31.4 Å². The van der Waals surface area contributed by atoms with Crippen LogP contribution in [0.15, 0.2) is 24.3 Å². The van der Waals surface area contributed by atoms with Gasteiger partial charge in [0.2, 0.25) is 5.91 Å². The molecule has 1 aliphatic carbocycles. The SMILES string of the molecule is CN(Cc1ccc(N(C)C)cc1)C(=O)CN1C(=O)NC2(CCCCC2)C1=O. The normalized spacial score (nSPS) is 18.6. The fourth-order valence-corrected chi connectivity index (χ4v) is 3.83. The van der Waals surface area contributed by atoms with Crippen LogP contribution in [-0.4, -0.2) is 60.9 Å². The second-order valence-electron chi connectivity index (χ2n) is 7.77. The molecule has 3 rings (SSSR count). The fraction of sp³-hybridized carbons (Fsp3) is 0.550. The molecule has 0 radical (unpaired) electrons. The van der Waals surface area contributed by atoms with Crippen LogP contribution in [0, 0.1) is 0 Å². The van der Waals surface area contributed by atoms with Crippen LogP contribution in [0.25, 0.3) is 0 Å². The summed E-state index contributed by atoms with van der Waals surface area (Å²) >= 11 is 0. The summed E-state index contributed by atoms with van der Waals surface area (Å²) < 4.78 is 0. The minimum atomic E-state index is -0.782. The number of nitrogens with one attached hydrogen (secondary N) is 1. The van der Waals surface area contributed by atoms with E-state index in [9.17, 15) is 14.4 Å². The molecule has 0 unspecified atom stereocenters. The zero-order valence-corrected chi connectivity index (χ0v) is 16.3. The van der Waals surface area contributed by atoms with Crippen molar-refractivity contribution in [2.45, 2.75) is 44.2 Å². The van der Waals surface area contributed by atoms with Crippen molar-refractivity contribution in [2.75, 3.05) is 32.6 Å². The van der Waals surface area contributed by atoms with Crippen molar-refractivity contribution < 1.29 is 14.4 Å². The largest absolute Gasteiger partial charge is 0.378 e. The Hall–Kier alpha value is -2.57. The van der Waals surface area contributed by atoms with Crippen molar-refractivity contribution in [3.63, 3.8) is 0 Å². The Morgan fingerprint density at radius 1 is 1.07 bits per heavy atom. The number of hydrogen-bond donors (Lipinski definition) is 1. The third-order valence-electron chi connectivity index (χ3n) is 5.54. The minimum absolute atomic E-state index is 0.210. The van der Waals surface area contributed by atoms with Crippen molar-refractivity contribution in [3.05, 3.63) is 29.8 Å². The smallest absolute Gasteiger partial charge is 0.325 e. The molecule has 27 heavy (non-hydrogen) atoms. The van der Waals surface area contributed by atoms with Crippen LogP contribution in [0.2, 0.25) is 0 Å². The molecular formula is C20H28N4O3. The fourth-order valence-electron chi connectivity index (χ4n) is 3.83. The number of rotatable bonds is 5. The van der Waals surface area contributed by atoms with Crippen LogP contribution in [0.3, 0.4) is 0 Å². The van der Waals surface area contributed by atoms with Crippen LogP contribution in [0.1, 0.15) is 37.7 Å². The Labute approximate surface area is 160 Å². The molecule has 4 amide bonds. The molecule has 1 aliphatic heterocycles. The summed E-state index contributed by atoms with van der Waals surface area (Å²) in [7, 11) is 5.64. The Kier molecular flexibility index (Phi) is 5.39. The molecule has 2 aliphatic rings. The lowest BCUT2D eigenvalue weighted by Crippen LogP contribution is -2.49. The number of anilines is 1. The van der Waals surface area contributed by atoms with Gasteiger partial charge in [-0.3, -0.25) is 14.5 Å². The summed E-state index contributed by atoms with van der Waals surface area (Å²) in [6.45, 7) is 0.222. The Morgan fingerprint density at radius 2 is 1.70 bits per heavy atom. The lowest BCUT2D eigenvalue weighted by atomic mass is 9.82. The molecule has 1 aromatic carbocycles. The van der Waals surface area contributed by atoms with E-state index in [0.29, 0.717) is 19.4 Å². The molecule has 146 valence electrons. The highest BCUT2D eigenvalue weighted by Gasteiger charge is 2.51. The van der Waals surface area contributed by atoms with Crippen molar-refractivity contribution in [2.24, 2.45) is 0 Å². The number of urea groups is 1. The number of carbonyl (C=O) groups is 3. The van der Waals surface area contributed by atoms with E-state index in [1.807, 2.05) is 43.3 Å². The highest BCUT2D eigenvalue weighted by molar-refractivity contribution is 6.09. The van der Waals surface area contributed by atoms with Gasteiger partial charge in [0.1, 0.15) is 12.1 Å². The number of likely N-dealkylation sites (N-methyl/N-ethyl adjacent to an activating group) is 1. The van der Waals surface area contributed by atoms with E-state index >= 15 is 0 Å². The van der Waals surface area contributed by atoms with Gasteiger partial charge >= 0.3 is 6.03 Å². The summed E-state index contributed by atoms with van der Waals surface area (Å²) in [5.41, 5.74) is 1.30. The van der Waals surface area contributed by atoms with Gasteiger partial charge in [0.05, 0.1) is 0 Å². The van der Waals surface area contributed by atoms with Gasteiger partial charge < -0.3 is 15.1 Å². The van der Waals surface area contributed by atoms with Gasteiger partial charge in [-0.05, 0) is 30.5 Å². The van der Waals surface area contributed by atoms with Crippen LogP contribution < -0.4 is 10.2 Å². The number of amides is 4. The Balaban J connectivity index is 1.60. The molecule has 7 nitrogen and oxygen atoms in total. The maximum Gasteiger partial charge on any atom is 0.325 e. The number of benzene rings is 1. The molecule has 1 N–H and O–H groups in total. The number of imide groups is 1. The predicted octanol–water partition coefficient (Wildman–Crippen LogP) is 1.97. The second-order valence-corrected chi connectivity index (χ2v) is 7.77. The average molecular weight is 372 g/mol. The summed E-state index contributed by atoms with van der Waals surface area (Å²) in [5.74, 6) is -0.493. The van der Waals surface area contributed by atoms with E-state index < -0.39 is 11.6 Å². The molecule has 0 atom stereocenters. The van der Waals surface area contributed by atoms with Crippen LogP contribution in [0.5, 0.6) is 0 Å². The quantitative estimate of drug-likeness (QED) is 0.802. The van der Waals surface area contributed by atoms with E-state index in [0.717, 1.165) is 35.4 Å². The molecule has 0 bridgehead atoms. The van der Waals surface area contributed by atoms with E-state index in [2.05, 4.69) is 5.32 Å². The maximum atomic E-state index is 12.8. The number of carbonyl (C=O) groups excluding carboxylic acids is 3. The maximum absolute atomic E-state index is 12.8. The van der Waals surface area contributed by atoms with E-state index in [-0.39, 0.29) is 18.4 Å². The van der Waals surface area contributed by atoms with Crippen molar-refractivity contribution in [1.82, 2.24) is 15.1 Å². The predicted molar refractivity (Wildman–Crippen MR) is 103 cm³/mol. The standard InChI is InChI=1S/C20H28N4O3/c1-22(2)16-9-7-15(8-10-16)13-23(3)17(25)14-24-18(26)20(21-19(24)27)11-5-4-6-12-20/h7-10H,4-6,11-14H2,1-3H3,(H,21,27). The van der Waals surface area contributed by atoms with Gasteiger partial charge in [-0.15, -0.1) is 0 Å². The first kappa shape index (κ1) is 19.2. The molecule has 7 heteroatoms. The Bertz CT molecular complexity index is 723. The summed E-state index contributed by atoms with van der Waals surface area (Å²) in [6.07, 6.45) is 4.26. The topological polar surface area (TPSA) is 73.0 Å². The third kappa shape index (κ3) is 3.91. The van der Waals surface area contributed by atoms with E-state index in [1.54, 1.807) is 11.9 Å². The molecule has 2 fully saturated rings. The molecule has 0 aromatic heterocycles. The van der Waals surface area contributed by atoms with Crippen LogP contribution in [0.4, 0.5) is 10.5 Å². The zero-order chi connectivity index (χ0) is 19.6. The molecule has 1 heterocycles. The molecular weight excluding hydrogens is 344 g/mol. The molecule has 1 saturated carbocycles. The van der Waals surface area contributed by atoms with Gasteiger partial charge in [-0.2, -0.15) is 0 Å². The van der Waals surface area contributed by atoms with Crippen molar-refractivity contribution >= 4 is 23.5 Å². The summed E-state index contributed by atoms with van der Waals surface area (Å²) in [4.78, 5) is 42.3. The van der Waals surface area contributed by atoms with Crippen LogP contribution >= 0.6 is 0 Å². The highest BCUT2D eigenvalue weighted by Crippen LogP contribution is 2.33.